The van der Waals surface area contributed by atoms with Gasteiger partial charge in [-0.2, -0.15) is 11.3 Å². The van der Waals surface area contributed by atoms with Gasteiger partial charge in [0.2, 0.25) is 0 Å². The van der Waals surface area contributed by atoms with E-state index in [0.717, 1.165) is 11.4 Å². The van der Waals surface area contributed by atoms with E-state index in [2.05, 4.69) is 32.1 Å². The molecule has 2 heterocycles. The fourth-order valence-corrected chi connectivity index (χ4v) is 2.12. The van der Waals surface area contributed by atoms with E-state index in [4.69, 9.17) is 0 Å². The predicted octanol–water partition coefficient (Wildman–Crippen LogP) is 2.16. The van der Waals surface area contributed by atoms with Crippen LogP contribution in [0.2, 0.25) is 0 Å². The maximum atomic E-state index is 4.34. The van der Waals surface area contributed by atoms with Crippen LogP contribution in [0.25, 0.3) is 0 Å². The molecule has 0 saturated carbocycles. The molecule has 0 saturated heterocycles. The Balaban J connectivity index is 2.31. The first kappa shape index (κ1) is 10.3. The average molecular weight is 219 g/mol. The molecule has 0 aliphatic heterocycles. The number of thiophene rings is 1. The Labute approximate surface area is 93.2 Å². The molecule has 2 aromatic rings. The number of hydrogen-bond acceptors (Lipinski definition) is 4. The monoisotopic (exact) mass is 219 g/mol. The lowest BCUT2D eigenvalue weighted by atomic mass is 10.1. The van der Waals surface area contributed by atoms with Crippen LogP contribution in [0.4, 0.5) is 0 Å². The predicted molar refractivity (Wildman–Crippen MR) is 62.0 cm³/mol. The number of nitrogens with zero attached hydrogens (tertiary/aromatic N) is 2. The van der Waals surface area contributed by atoms with Crippen LogP contribution in [0.1, 0.15) is 23.0 Å². The normalized spacial score (nSPS) is 12.7. The van der Waals surface area contributed by atoms with E-state index in [-0.39, 0.29) is 6.04 Å². The highest BCUT2D eigenvalue weighted by Crippen LogP contribution is 2.20. The third-order valence-corrected chi connectivity index (χ3v) is 2.93. The van der Waals surface area contributed by atoms with Gasteiger partial charge in [0.1, 0.15) is 5.82 Å². The number of aryl methyl sites for hydroxylation is 1. The first-order valence-corrected chi connectivity index (χ1v) is 5.73. The van der Waals surface area contributed by atoms with Crippen molar-refractivity contribution < 1.29 is 0 Å². The Bertz CT molecular complexity index is 408. The molecular weight excluding hydrogens is 206 g/mol. The molecule has 0 aliphatic rings. The number of nitrogens with one attached hydrogen (secondary N) is 1. The van der Waals surface area contributed by atoms with Gasteiger partial charge in [-0.05, 0) is 41.9 Å². The van der Waals surface area contributed by atoms with Gasteiger partial charge in [-0.25, -0.2) is 9.97 Å². The van der Waals surface area contributed by atoms with E-state index in [1.165, 1.54) is 5.56 Å². The van der Waals surface area contributed by atoms with Crippen LogP contribution >= 0.6 is 11.3 Å². The van der Waals surface area contributed by atoms with Crippen molar-refractivity contribution in [2.45, 2.75) is 13.0 Å². The van der Waals surface area contributed by atoms with Gasteiger partial charge in [-0.15, -0.1) is 0 Å². The minimum absolute atomic E-state index is 0.0943. The van der Waals surface area contributed by atoms with Crippen molar-refractivity contribution in [1.82, 2.24) is 15.3 Å². The summed E-state index contributed by atoms with van der Waals surface area (Å²) in [6.45, 7) is 1.99. The largest absolute Gasteiger partial charge is 0.307 e. The van der Waals surface area contributed by atoms with E-state index in [9.17, 15) is 0 Å². The summed E-state index contributed by atoms with van der Waals surface area (Å²) in [5.74, 6) is 0.821. The lowest BCUT2D eigenvalue weighted by Gasteiger charge is -2.12. The summed E-state index contributed by atoms with van der Waals surface area (Å²) in [5, 5.41) is 7.40. The second-order valence-corrected chi connectivity index (χ2v) is 4.18. The summed E-state index contributed by atoms with van der Waals surface area (Å²) in [6.07, 6.45) is 3.69. The van der Waals surface area contributed by atoms with E-state index in [1.54, 1.807) is 11.3 Å². The fraction of sp³-hybridized carbons (Fsp3) is 0.273. The summed E-state index contributed by atoms with van der Waals surface area (Å²) < 4.78 is 0. The van der Waals surface area contributed by atoms with Crippen molar-refractivity contribution in [1.29, 1.82) is 0 Å². The fourth-order valence-electron chi connectivity index (χ4n) is 1.44. The summed E-state index contributed by atoms with van der Waals surface area (Å²) in [7, 11) is 1.92. The van der Waals surface area contributed by atoms with Gasteiger partial charge < -0.3 is 5.32 Å². The zero-order valence-electron chi connectivity index (χ0n) is 8.77. The third kappa shape index (κ3) is 2.22. The molecule has 3 nitrogen and oxygen atoms in total. The molecule has 15 heavy (non-hydrogen) atoms. The smallest absolute Gasteiger partial charge is 0.149 e. The van der Waals surface area contributed by atoms with Crippen LogP contribution in [0.15, 0.2) is 29.2 Å². The first-order chi connectivity index (χ1) is 7.31. The van der Waals surface area contributed by atoms with Crippen LogP contribution < -0.4 is 5.32 Å². The van der Waals surface area contributed by atoms with Crippen molar-refractivity contribution in [3.05, 3.63) is 46.2 Å². The molecule has 4 heteroatoms. The third-order valence-electron chi connectivity index (χ3n) is 2.22. The van der Waals surface area contributed by atoms with Gasteiger partial charge in [0.25, 0.3) is 0 Å². The molecule has 2 rings (SSSR count). The summed E-state index contributed by atoms with van der Waals surface area (Å²) >= 11 is 1.69. The summed E-state index contributed by atoms with van der Waals surface area (Å²) in [6, 6.07) is 2.19. The molecule has 0 aliphatic carbocycles. The summed E-state index contributed by atoms with van der Waals surface area (Å²) in [4.78, 5) is 8.67. The van der Waals surface area contributed by atoms with Gasteiger partial charge in [0.15, 0.2) is 0 Å². The standard InChI is InChI=1S/C11H13N3S/c1-8-5-13-11(14-6-8)10(12-2)9-3-4-15-7-9/h3-7,10,12H,1-2H3. The summed E-state index contributed by atoms with van der Waals surface area (Å²) in [5.41, 5.74) is 2.30. The van der Waals surface area contributed by atoms with E-state index < -0.39 is 0 Å². The Kier molecular flexibility index (Phi) is 3.08. The molecule has 0 amide bonds. The van der Waals surface area contributed by atoms with Crippen LogP contribution in [-0.2, 0) is 0 Å². The number of aromatic nitrogens is 2. The molecule has 1 unspecified atom stereocenters. The van der Waals surface area contributed by atoms with Crippen molar-refractivity contribution in [3.8, 4) is 0 Å². The molecule has 0 spiro atoms. The SMILES string of the molecule is CNC(c1ccsc1)c1ncc(C)cn1. The highest BCUT2D eigenvalue weighted by Gasteiger charge is 2.14. The van der Waals surface area contributed by atoms with Crippen LogP contribution in [0, 0.1) is 6.92 Å². The molecule has 78 valence electrons. The topological polar surface area (TPSA) is 37.8 Å². The highest BCUT2D eigenvalue weighted by molar-refractivity contribution is 7.07. The maximum Gasteiger partial charge on any atom is 0.149 e. The Morgan fingerprint density at radius 3 is 2.60 bits per heavy atom. The van der Waals surface area contributed by atoms with E-state index >= 15 is 0 Å². The quantitative estimate of drug-likeness (QED) is 0.859. The zero-order chi connectivity index (χ0) is 10.7. The minimum Gasteiger partial charge on any atom is -0.307 e. The molecule has 0 fully saturated rings. The van der Waals surface area contributed by atoms with Crippen LogP contribution in [0.3, 0.4) is 0 Å². The molecule has 0 aromatic carbocycles. The van der Waals surface area contributed by atoms with Crippen LogP contribution in [0.5, 0.6) is 0 Å². The lowest BCUT2D eigenvalue weighted by Crippen LogP contribution is -2.19. The molecule has 2 aromatic heterocycles. The molecular formula is C11H13N3S. The molecule has 1 N–H and O–H groups in total. The lowest BCUT2D eigenvalue weighted by molar-refractivity contribution is 0.647. The first-order valence-electron chi connectivity index (χ1n) is 4.79. The number of rotatable bonds is 3. The maximum absolute atomic E-state index is 4.34. The highest BCUT2D eigenvalue weighted by atomic mass is 32.1. The van der Waals surface area contributed by atoms with Crippen LogP contribution in [-0.4, -0.2) is 17.0 Å². The second kappa shape index (κ2) is 4.51. The average Bonchev–Trinajstić information content (AvgIpc) is 2.75. The Morgan fingerprint density at radius 1 is 1.33 bits per heavy atom. The number of hydrogen-bond donors (Lipinski definition) is 1. The van der Waals surface area contributed by atoms with E-state index in [0.29, 0.717) is 0 Å². The van der Waals surface area contributed by atoms with Crippen molar-refractivity contribution in [2.24, 2.45) is 0 Å². The van der Waals surface area contributed by atoms with Crippen molar-refractivity contribution >= 4 is 11.3 Å². The Hall–Kier alpha value is -1.26. The minimum atomic E-state index is 0.0943. The van der Waals surface area contributed by atoms with Gasteiger partial charge in [0, 0.05) is 12.4 Å². The molecule has 0 radical (unpaired) electrons. The van der Waals surface area contributed by atoms with Gasteiger partial charge in [-0.1, -0.05) is 0 Å². The zero-order valence-corrected chi connectivity index (χ0v) is 9.58. The van der Waals surface area contributed by atoms with E-state index in [1.807, 2.05) is 26.4 Å². The molecule has 1 atom stereocenters. The van der Waals surface area contributed by atoms with Gasteiger partial charge in [0.05, 0.1) is 6.04 Å². The molecule has 0 bridgehead atoms. The second-order valence-electron chi connectivity index (χ2n) is 3.40. The van der Waals surface area contributed by atoms with Gasteiger partial charge >= 0.3 is 0 Å². The Morgan fingerprint density at radius 2 is 2.07 bits per heavy atom. The van der Waals surface area contributed by atoms with Crippen molar-refractivity contribution in [2.75, 3.05) is 7.05 Å². The van der Waals surface area contributed by atoms with Crippen molar-refractivity contribution in [3.63, 3.8) is 0 Å². The van der Waals surface area contributed by atoms with Gasteiger partial charge in [-0.3, -0.25) is 0 Å².